The maximum absolute atomic E-state index is 13.7. The predicted molar refractivity (Wildman–Crippen MR) is 113 cm³/mol. The highest BCUT2D eigenvalue weighted by atomic mass is 19.4. The number of hydrogen-bond donors (Lipinski definition) is 3. The van der Waals surface area contributed by atoms with E-state index in [1.807, 2.05) is 26.0 Å². The van der Waals surface area contributed by atoms with Crippen molar-refractivity contribution in [2.24, 2.45) is 0 Å². The molecule has 2 amide bonds. The van der Waals surface area contributed by atoms with E-state index in [0.29, 0.717) is 23.6 Å². The van der Waals surface area contributed by atoms with Crippen molar-refractivity contribution in [1.82, 2.24) is 4.98 Å². The first-order valence-electron chi connectivity index (χ1n) is 9.32. The first-order chi connectivity index (χ1) is 14.3. The number of nitrogens with one attached hydrogen (secondary N) is 3. The number of urea groups is 1. The summed E-state index contributed by atoms with van der Waals surface area (Å²) in [5.74, 6) is 0.489. The molecule has 0 aliphatic rings. The standard InChI is InChI=1S/C22H21F3N4O/c1-3-26-20-12-15(10-11-27-20)18-9-8-17(13-19(18)22(23,24)25)29-21(30)28-16-6-4-14(2)5-7-16/h4-13H,3H2,1-2H3,(H,26,27)(H2,28,29,30). The molecule has 1 aromatic heterocycles. The summed E-state index contributed by atoms with van der Waals surface area (Å²) in [5, 5.41) is 8.03. The van der Waals surface area contributed by atoms with Gasteiger partial charge in [-0.1, -0.05) is 23.8 Å². The van der Waals surface area contributed by atoms with E-state index < -0.39 is 17.8 Å². The molecule has 30 heavy (non-hydrogen) atoms. The molecule has 3 N–H and O–H groups in total. The Morgan fingerprint density at radius 3 is 2.30 bits per heavy atom. The van der Waals surface area contributed by atoms with Crippen molar-refractivity contribution in [1.29, 1.82) is 0 Å². The second kappa shape index (κ2) is 8.86. The van der Waals surface area contributed by atoms with Gasteiger partial charge in [-0.05, 0) is 61.4 Å². The molecule has 3 rings (SSSR count). The summed E-state index contributed by atoms with van der Waals surface area (Å²) in [4.78, 5) is 16.3. The van der Waals surface area contributed by atoms with Crippen LogP contribution in [0, 0.1) is 6.92 Å². The van der Waals surface area contributed by atoms with Crippen LogP contribution in [0.3, 0.4) is 0 Å². The van der Waals surface area contributed by atoms with Gasteiger partial charge in [-0.25, -0.2) is 9.78 Å². The molecule has 0 atom stereocenters. The van der Waals surface area contributed by atoms with Crippen LogP contribution in [0.25, 0.3) is 11.1 Å². The molecule has 156 valence electrons. The van der Waals surface area contributed by atoms with E-state index in [0.717, 1.165) is 11.6 Å². The molecule has 0 spiro atoms. The molecule has 0 fully saturated rings. The van der Waals surface area contributed by atoms with E-state index in [4.69, 9.17) is 0 Å². The maximum Gasteiger partial charge on any atom is 0.417 e. The molecule has 0 bridgehead atoms. The third kappa shape index (κ3) is 5.28. The lowest BCUT2D eigenvalue weighted by Gasteiger charge is -2.16. The number of halogens is 3. The van der Waals surface area contributed by atoms with Crippen molar-refractivity contribution < 1.29 is 18.0 Å². The predicted octanol–water partition coefficient (Wildman–Crippen LogP) is 6.15. The van der Waals surface area contributed by atoms with Crippen LogP contribution >= 0.6 is 0 Å². The highest BCUT2D eigenvalue weighted by molar-refractivity contribution is 6.00. The van der Waals surface area contributed by atoms with Crippen LogP contribution in [-0.2, 0) is 6.18 Å². The van der Waals surface area contributed by atoms with Gasteiger partial charge in [0.25, 0.3) is 0 Å². The first-order valence-corrected chi connectivity index (χ1v) is 9.32. The fourth-order valence-corrected chi connectivity index (χ4v) is 2.91. The lowest BCUT2D eigenvalue weighted by Crippen LogP contribution is -2.20. The maximum atomic E-state index is 13.7. The summed E-state index contributed by atoms with van der Waals surface area (Å²) in [6.07, 6.45) is -3.14. The molecule has 0 aliphatic heterocycles. The number of pyridine rings is 1. The Bertz CT molecular complexity index is 1030. The van der Waals surface area contributed by atoms with Crippen LogP contribution < -0.4 is 16.0 Å². The number of carbonyl (C=O) groups excluding carboxylic acids is 1. The largest absolute Gasteiger partial charge is 0.417 e. The lowest BCUT2D eigenvalue weighted by atomic mass is 9.99. The van der Waals surface area contributed by atoms with E-state index in [9.17, 15) is 18.0 Å². The number of hydrogen-bond acceptors (Lipinski definition) is 3. The minimum atomic E-state index is -4.60. The number of benzene rings is 2. The van der Waals surface area contributed by atoms with Gasteiger partial charge in [-0.2, -0.15) is 13.2 Å². The summed E-state index contributed by atoms with van der Waals surface area (Å²) in [7, 11) is 0. The highest BCUT2D eigenvalue weighted by Gasteiger charge is 2.34. The Balaban J connectivity index is 1.86. The molecular formula is C22H21F3N4O. The molecule has 0 radical (unpaired) electrons. The molecule has 0 saturated heterocycles. The lowest BCUT2D eigenvalue weighted by molar-refractivity contribution is -0.137. The highest BCUT2D eigenvalue weighted by Crippen LogP contribution is 2.39. The minimum Gasteiger partial charge on any atom is -0.370 e. The third-order valence-corrected chi connectivity index (χ3v) is 4.32. The van der Waals surface area contributed by atoms with Gasteiger partial charge in [0.15, 0.2) is 0 Å². The molecule has 8 heteroatoms. The van der Waals surface area contributed by atoms with E-state index in [2.05, 4.69) is 20.9 Å². The number of anilines is 3. The van der Waals surface area contributed by atoms with Gasteiger partial charge < -0.3 is 16.0 Å². The quantitative estimate of drug-likeness (QED) is 0.469. The van der Waals surface area contributed by atoms with Gasteiger partial charge in [0.05, 0.1) is 5.56 Å². The van der Waals surface area contributed by atoms with Crippen LogP contribution in [0.2, 0.25) is 0 Å². The normalized spacial score (nSPS) is 11.1. The fraction of sp³-hybridized carbons (Fsp3) is 0.182. The fourth-order valence-electron chi connectivity index (χ4n) is 2.91. The van der Waals surface area contributed by atoms with E-state index >= 15 is 0 Å². The zero-order valence-corrected chi connectivity index (χ0v) is 16.5. The van der Waals surface area contributed by atoms with Gasteiger partial charge in [-0.3, -0.25) is 0 Å². The van der Waals surface area contributed by atoms with Crippen molar-refractivity contribution in [2.75, 3.05) is 22.5 Å². The van der Waals surface area contributed by atoms with Crippen molar-refractivity contribution in [3.8, 4) is 11.1 Å². The van der Waals surface area contributed by atoms with Crippen molar-refractivity contribution >= 4 is 23.2 Å². The van der Waals surface area contributed by atoms with Crippen molar-refractivity contribution in [2.45, 2.75) is 20.0 Å². The Labute approximate surface area is 172 Å². The minimum absolute atomic E-state index is 0.00791. The first kappa shape index (κ1) is 21.2. The molecular weight excluding hydrogens is 393 g/mol. The van der Waals surface area contributed by atoms with E-state index in [1.165, 1.54) is 24.4 Å². The topological polar surface area (TPSA) is 66.0 Å². The Morgan fingerprint density at radius 2 is 1.63 bits per heavy atom. The average molecular weight is 414 g/mol. The molecule has 3 aromatic rings. The number of carbonyl (C=O) groups is 1. The third-order valence-electron chi connectivity index (χ3n) is 4.32. The van der Waals surface area contributed by atoms with E-state index in [-0.39, 0.29) is 11.3 Å². The smallest absolute Gasteiger partial charge is 0.370 e. The summed E-state index contributed by atoms with van der Waals surface area (Å²) >= 11 is 0. The second-order valence-corrected chi connectivity index (χ2v) is 6.66. The summed E-state index contributed by atoms with van der Waals surface area (Å²) < 4.78 is 41.2. The zero-order chi connectivity index (χ0) is 21.7. The number of nitrogens with zero attached hydrogens (tertiary/aromatic N) is 1. The Morgan fingerprint density at radius 1 is 0.967 bits per heavy atom. The molecule has 0 aliphatic carbocycles. The number of rotatable bonds is 5. The van der Waals surface area contributed by atoms with Gasteiger partial charge in [-0.15, -0.1) is 0 Å². The summed E-state index contributed by atoms with van der Waals surface area (Å²) in [6.45, 7) is 4.38. The summed E-state index contributed by atoms with van der Waals surface area (Å²) in [6, 6.07) is 13.2. The van der Waals surface area contributed by atoms with E-state index in [1.54, 1.807) is 18.2 Å². The Hall–Kier alpha value is -3.55. The number of alkyl halides is 3. The molecule has 0 saturated carbocycles. The van der Waals surface area contributed by atoms with Gasteiger partial charge in [0, 0.05) is 24.1 Å². The van der Waals surface area contributed by atoms with Crippen LogP contribution in [-0.4, -0.2) is 17.6 Å². The SMILES string of the molecule is CCNc1cc(-c2ccc(NC(=O)Nc3ccc(C)cc3)cc2C(F)(F)F)ccn1. The van der Waals surface area contributed by atoms with Crippen LogP contribution in [0.5, 0.6) is 0 Å². The average Bonchev–Trinajstić information content (AvgIpc) is 2.69. The van der Waals surface area contributed by atoms with Gasteiger partial charge in [0.2, 0.25) is 0 Å². The summed E-state index contributed by atoms with van der Waals surface area (Å²) in [5.41, 5.74) is 1.15. The molecule has 1 heterocycles. The zero-order valence-electron chi connectivity index (χ0n) is 16.5. The monoisotopic (exact) mass is 414 g/mol. The number of aromatic nitrogens is 1. The molecule has 5 nitrogen and oxygen atoms in total. The van der Waals surface area contributed by atoms with Crippen LogP contribution in [0.4, 0.5) is 35.2 Å². The Kier molecular flexibility index (Phi) is 6.25. The number of amides is 2. The molecule has 0 unspecified atom stereocenters. The van der Waals surface area contributed by atoms with Crippen molar-refractivity contribution in [3.63, 3.8) is 0 Å². The van der Waals surface area contributed by atoms with Gasteiger partial charge in [0.1, 0.15) is 5.82 Å². The number of aryl methyl sites for hydroxylation is 1. The molecule has 2 aromatic carbocycles. The van der Waals surface area contributed by atoms with Crippen LogP contribution in [0.1, 0.15) is 18.1 Å². The van der Waals surface area contributed by atoms with Crippen molar-refractivity contribution in [3.05, 3.63) is 71.9 Å². The van der Waals surface area contributed by atoms with Gasteiger partial charge >= 0.3 is 12.2 Å². The van der Waals surface area contributed by atoms with Crippen LogP contribution in [0.15, 0.2) is 60.8 Å². The second-order valence-electron chi connectivity index (χ2n) is 6.66.